The highest BCUT2D eigenvalue weighted by Crippen LogP contribution is 2.22. The minimum atomic E-state index is -0.0202. The maximum absolute atomic E-state index is 11.9. The normalized spacial score (nSPS) is 11.4. The number of nitrogens with one attached hydrogen (secondary N) is 1. The van der Waals surface area contributed by atoms with Gasteiger partial charge in [-0.2, -0.15) is 11.8 Å². The summed E-state index contributed by atoms with van der Waals surface area (Å²) in [7, 11) is 0. The Bertz CT molecular complexity index is 409. The molecule has 0 saturated heterocycles. The first-order chi connectivity index (χ1) is 9.45. The Labute approximate surface area is 126 Å². The zero-order valence-electron chi connectivity index (χ0n) is 12.6. The second-order valence-corrected chi connectivity index (χ2v) is 7.00. The molecule has 0 atom stereocenters. The Morgan fingerprint density at radius 1 is 1.20 bits per heavy atom. The summed E-state index contributed by atoms with van der Waals surface area (Å²) in [5.74, 6) is 1.80. The van der Waals surface area contributed by atoms with Crippen LogP contribution in [0.2, 0.25) is 0 Å². The van der Waals surface area contributed by atoms with E-state index in [1.54, 1.807) is 11.8 Å². The largest absolute Gasteiger partial charge is 0.396 e. The molecule has 1 aromatic carbocycles. The van der Waals surface area contributed by atoms with E-state index in [-0.39, 0.29) is 17.9 Å². The summed E-state index contributed by atoms with van der Waals surface area (Å²) in [4.78, 5) is 11.9. The van der Waals surface area contributed by atoms with E-state index >= 15 is 0 Å². The number of benzene rings is 1. The van der Waals surface area contributed by atoms with Crippen LogP contribution in [-0.4, -0.2) is 35.7 Å². The van der Waals surface area contributed by atoms with Gasteiger partial charge in [-0.15, -0.1) is 0 Å². The minimum Gasteiger partial charge on any atom is -0.396 e. The second-order valence-electron chi connectivity index (χ2n) is 5.77. The molecular weight excluding hydrogens is 270 g/mol. The molecule has 0 saturated carbocycles. The summed E-state index contributed by atoms with van der Waals surface area (Å²) in [6.07, 6.45) is 0.812. The van der Waals surface area contributed by atoms with Gasteiger partial charge in [0.2, 0.25) is 0 Å². The van der Waals surface area contributed by atoms with Crippen LogP contribution in [0.5, 0.6) is 0 Å². The quantitative estimate of drug-likeness (QED) is 0.761. The molecular formula is C16H25NO2S. The van der Waals surface area contributed by atoms with Gasteiger partial charge in [-0.1, -0.05) is 32.9 Å². The van der Waals surface area contributed by atoms with Crippen molar-refractivity contribution < 1.29 is 9.90 Å². The summed E-state index contributed by atoms with van der Waals surface area (Å²) in [5, 5.41) is 11.6. The smallest absolute Gasteiger partial charge is 0.251 e. The maximum atomic E-state index is 11.9. The van der Waals surface area contributed by atoms with Crippen molar-refractivity contribution in [3.8, 4) is 0 Å². The molecule has 4 heteroatoms. The van der Waals surface area contributed by atoms with Crippen LogP contribution in [0.15, 0.2) is 24.3 Å². The average molecular weight is 295 g/mol. The molecule has 0 aromatic heterocycles. The van der Waals surface area contributed by atoms with E-state index in [0.717, 1.165) is 17.9 Å². The van der Waals surface area contributed by atoms with E-state index in [9.17, 15) is 4.79 Å². The van der Waals surface area contributed by atoms with Gasteiger partial charge < -0.3 is 10.4 Å². The van der Waals surface area contributed by atoms with Crippen molar-refractivity contribution in [1.29, 1.82) is 0 Å². The highest BCUT2D eigenvalue weighted by molar-refractivity contribution is 7.99. The third-order valence-corrected chi connectivity index (χ3v) is 4.06. The fourth-order valence-corrected chi connectivity index (χ4v) is 2.51. The van der Waals surface area contributed by atoms with Crippen LogP contribution in [-0.2, 0) is 5.41 Å². The van der Waals surface area contributed by atoms with E-state index in [1.165, 1.54) is 5.56 Å². The number of amides is 1. The van der Waals surface area contributed by atoms with Crippen LogP contribution in [0.4, 0.5) is 0 Å². The lowest BCUT2D eigenvalue weighted by Crippen LogP contribution is -2.26. The van der Waals surface area contributed by atoms with Crippen LogP contribution in [0, 0.1) is 0 Å². The number of hydrogen-bond acceptors (Lipinski definition) is 3. The average Bonchev–Trinajstić information content (AvgIpc) is 2.41. The number of hydrogen-bond donors (Lipinski definition) is 2. The monoisotopic (exact) mass is 295 g/mol. The van der Waals surface area contributed by atoms with Crippen molar-refractivity contribution in [1.82, 2.24) is 5.32 Å². The molecule has 1 aromatic rings. The summed E-state index contributed by atoms with van der Waals surface area (Å²) in [6, 6.07) is 7.81. The Morgan fingerprint density at radius 3 is 2.40 bits per heavy atom. The van der Waals surface area contributed by atoms with Gasteiger partial charge in [0.15, 0.2) is 0 Å². The number of aliphatic hydroxyl groups is 1. The van der Waals surface area contributed by atoms with Gasteiger partial charge in [-0.05, 0) is 35.3 Å². The van der Waals surface area contributed by atoms with Crippen molar-refractivity contribution in [2.75, 3.05) is 24.7 Å². The number of rotatable bonds is 7. The van der Waals surface area contributed by atoms with E-state index in [1.807, 2.05) is 24.3 Å². The van der Waals surface area contributed by atoms with Crippen molar-refractivity contribution in [3.63, 3.8) is 0 Å². The second kappa shape index (κ2) is 8.32. The Balaban J connectivity index is 2.37. The molecule has 3 nitrogen and oxygen atoms in total. The zero-order chi connectivity index (χ0) is 15.0. The summed E-state index contributed by atoms with van der Waals surface area (Å²) < 4.78 is 0. The van der Waals surface area contributed by atoms with Gasteiger partial charge in [0.1, 0.15) is 0 Å². The molecule has 2 N–H and O–H groups in total. The Kier molecular flexibility index (Phi) is 7.10. The number of carbonyl (C=O) groups is 1. The topological polar surface area (TPSA) is 49.3 Å². The molecule has 0 unspecified atom stereocenters. The number of carbonyl (C=O) groups excluding carboxylic acids is 1. The lowest BCUT2D eigenvalue weighted by molar-refractivity contribution is 0.0956. The van der Waals surface area contributed by atoms with E-state index in [2.05, 4.69) is 26.1 Å². The molecule has 0 aliphatic carbocycles. The molecule has 1 rings (SSSR count). The predicted molar refractivity (Wildman–Crippen MR) is 86.5 cm³/mol. The SMILES string of the molecule is CC(C)(C)c1ccc(C(=O)NCCSCCCO)cc1. The lowest BCUT2D eigenvalue weighted by atomic mass is 9.87. The van der Waals surface area contributed by atoms with Crippen LogP contribution >= 0.6 is 11.8 Å². The predicted octanol–water partition coefficient (Wildman–Crippen LogP) is 2.83. The molecule has 1 amide bonds. The van der Waals surface area contributed by atoms with Gasteiger partial charge in [-0.25, -0.2) is 0 Å². The maximum Gasteiger partial charge on any atom is 0.251 e. The van der Waals surface area contributed by atoms with Crippen molar-refractivity contribution in [2.24, 2.45) is 0 Å². The highest BCUT2D eigenvalue weighted by Gasteiger charge is 2.14. The first-order valence-electron chi connectivity index (χ1n) is 7.02. The zero-order valence-corrected chi connectivity index (χ0v) is 13.4. The lowest BCUT2D eigenvalue weighted by Gasteiger charge is -2.19. The molecule has 0 heterocycles. The summed E-state index contributed by atoms with van der Waals surface area (Å²) >= 11 is 1.75. The van der Waals surface area contributed by atoms with Gasteiger partial charge in [0, 0.05) is 24.5 Å². The first kappa shape index (κ1) is 17.1. The summed E-state index contributed by atoms with van der Waals surface area (Å²) in [6.45, 7) is 7.37. The van der Waals surface area contributed by atoms with Crippen LogP contribution in [0.3, 0.4) is 0 Å². The first-order valence-corrected chi connectivity index (χ1v) is 8.18. The molecule has 0 bridgehead atoms. The van der Waals surface area contributed by atoms with Gasteiger partial charge in [-0.3, -0.25) is 4.79 Å². The van der Waals surface area contributed by atoms with Crippen LogP contribution in [0.1, 0.15) is 43.1 Å². The van der Waals surface area contributed by atoms with Gasteiger partial charge in [0.05, 0.1) is 0 Å². The molecule has 112 valence electrons. The fourth-order valence-electron chi connectivity index (χ4n) is 1.73. The van der Waals surface area contributed by atoms with E-state index in [4.69, 9.17) is 5.11 Å². The van der Waals surface area contributed by atoms with E-state index in [0.29, 0.717) is 12.1 Å². The highest BCUT2D eigenvalue weighted by atomic mass is 32.2. The third-order valence-electron chi connectivity index (χ3n) is 2.99. The number of aliphatic hydroxyl groups excluding tert-OH is 1. The van der Waals surface area contributed by atoms with Crippen LogP contribution in [0.25, 0.3) is 0 Å². The van der Waals surface area contributed by atoms with Crippen LogP contribution < -0.4 is 5.32 Å². The van der Waals surface area contributed by atoms with Gasteiger partial charge >= 0.3 is 0 Å². The Hall–Kier alpha value is -1.00. The molecule has 0 aliphatic heterocycles. The third kappa shape index (κ3) is 5.97. The Morgan fingerprint density at radius 2 is 1.85 bits per heavy atom. The number of thioether (sulfide) groups is 1. The van der Waals surface area contributed by atoms with Gasteiger partial charge in [0.25, 0.3) is 5.91 Å². The van der Waals surface area contributed by atoms with Crippen molar-refractivity contribution >= 4 is 17.7 Å². The minimum absolute atomic E-state index is 0.0202. The standard InChI is InChI=1S/C16H25NO2S/c1-16(2,3)14-7-5-13(6-8-14)15(19)17-9-12-20-11-4-10-18/h5-8,18H,4,9-12H2,1-3H3,(H,17,19). The summed E-state index contributed by atoms with van der Waals surface area (Å²) in [5.41, 5.74) is 2.05. The fraction of sp³-hybridized carbons (Fsp3) is 0.562. The molecule has 20 heavy (non-hydrogen) atoms. The molecule has 0 spiro atoms. The molecule has 0 aliphatic rings. The van der Waals surface area contributed by atoms with E-state index < -0.39 is 0 Å². The molecule has 0 fully saturated rings. The van der Waals surface area contributed by atoms with Crippen molar-refractivity contribution in [2.45, 2.75) is 32.6 Å². The van der Waals surface area contributed by atoms with Crippen molar-refractivity contribution in [3.05, 3.63) is 35.4 Å². The molecule has 0 radical (unpaired) electrons.